The van der Waals surface area contributed by atoms with E-state index >= 15 is 0 Å². The van der Waals surface area contributed by atoms with Crippen LogP contribution in [0.1, 0.15) is 11.2 Å². The number of aromatic nitrogens is 2. The average molecular weight is 308 g/mol. The number of aliphatic carboxylic acids is 1. The number of hydrogen-bond acceptors (Lipinski definition) is 3. The van der Waals surface area contributed by atoms with E-state index in [0.29, 0.717) is 5.82 Å². The molecule has 1 saturated carbocycles. The van der Waals surface area contributed by atoms with Gasteiger partial charge < -0.3 is 5.11 Å². The van der Waals surface area contributed by atoms with E-state index in [1.807, 2.05) is 42.5 Å². The normalized spacial score (nSPS) is 28.2. The molecule has 1 N–H and O–H groups in total. The van der Waals surface area contributed by atoms with Crippen LogP contribution in [0, 0.1) is 23.7 Å². The minimum atomic E-state index is -0.887. The monoisotopic (exact) mass is 308 g/mol. The van der Waals surface area contributed by atoms with E-state index in [1.165, 1.54) is 4.57 Å². The van der Waals surface area contributed by atoms with E-state index in [4.69, 9.17) is 0 Å². The maximum absolute atomic E-state index is 13.0. The van der Waals surface area contributed by atoms with E-state index in [9.17, 15) is 14.7 Å². The van der Waals surface area contributed by atoms with Crippen LogP contribution in [0.4, 0.5) is 0 Å². The molecule has 116 valence electrons. The van der Waals surface area contributed by atoms with Crippen LogP contribution in [0.5, 0.6) is 0 Å². The molecule has 5 heteroatoms. The summed E-state index contributed by atoms with van der Waals surface area (Å²) in [4.78, 5) is 28.9. The molecule has 0 spiro atoms. The highest BCUT2D eigenvalue weighted by molar-refractivity contribution is 5.90. The van der Waals surface area contributed by atoms with Gasteiger partial charge in [0.1, 0.15) is 5.82 Å². The van der Waals surface area contributed by atoms with Crippen LogP contribution in [-0.4, -0.2) is 26.5 Å². The molecule has 4 rings (SSSR count). The number of carboxylic acid groups (broad SMARTS) is 1. The van der Waals surface area contributed by atoms with E-state index in [-0.39, 0.29) is 17.7 Å². The molecule has 23 heavy (non-hydrogen) atoms. The summed E-state index contributed by atoms with van der Waals surface area (Å²) in [6.45, 7) is 0. The van der Waals surface area contributed by atoms with Crippen LogP contribution >= 0.6 is 0 Å². The van der Waals surface area contributed by atoms with Crippen LogP contribution in [0.3, 0.4) is 0 Å². The van der Waals surface area contributed by atoms with Crippen LogP contribution < -0.4 is 0 Å². The number of imidazole rings is 1. The Kier molecular flexibility index (Phi) is 3.15. The lowest BCUT2D eigenvalue weighted by atomic mass is 9.82. The molecule has 0 radical (unpaired) electrons. The fourth-order valence-corrected chi connectivity index (χ4v) is 3.94. The lowest BCUT2D eigenvalue weighted by Gasteiger charge is -2.24. The summed E-state index contributed by atoms with van der Waals surface area (Å²) in [6.07, 6.45) is 7.89. The van der Waals surface area contributed by atoms with Crippen molar-refractivity contribution in [1.29, 1.82) is 0 Å². The highest BCUT2D eigenvalue weighted by Crippen LogP contribution is 2.48. The Bertz CT molecular complexity index is 794. The topological polar surface area (TPSA) is 72.2 Å². The third kappa shape index (κ3) is 2.11. The fourth-order valence-electron chi connectivity index (χ4n) is 3.94. The van der Waals surface area contributed by atoms with Gasteiger partial charge >= 0.3 is 5.97 Å². The number of nitrogens with zero attached hydrogens (tertiary/aromatic N) is 2. The number of fused-ring (bicyclic) bond motifs is 2. The maximum Gasteiger partial charge on any atom is 0.307 e. The number of carbonyl (C=O) groups is 2. The van der Waals surface area contributed by atoms with Crippen LogP contribution in [0.2, 0.25) is 0 Å². The molecule has 0 aliphatic heterocycles. The second kappa shape index (κ2) is 5.19. The molecular weight excluding hydrogens is 292 g/mol. The van der Waals surface area contributed by atoms with Gasteiger partial charge in [-0.25, -0.2) is 4.98 Å². The minimum absolute atomic E-state index is 0.0135. The standard InChI is InChI=1S/C18H16N2O3/c21-17(14-12-6-7-13(10-12)15(14)18(22)23)20-9-8-19-16(20)11-4-2-1-3-5-11/h1-9,12-15H,10H2,(H,22,23)/t12-,13-,14-,15-/m0/s1. The molecule has 2 bridgehead atoms. The molecule has 1 heterocycles. The molecule has 2 aliphatic rings. The van der Waals surface area contributed by atoms with Crippen molar-refractivity contribution in [3.63, 3.8) is 0 Å². The van der Waals surface area contributed by atoms with Gasteiger partial charge in [0.05, 0.1) is 11.8 Å². The van der Waals surface area contributed by atoms with Gasteiger partial charge in [0.25, 0.3) is 0 Å². The van der Waals surface area contributed by atoms with Gasteiger partial charge in [-0.15, -0.1) is 0 Å². The van der Waals surface area contributed by atoms with Gasteiger partial charge in [0.15, 0.2) is 0 Å². The highest BCUT2D eigenvalue weighted by Gasteiger charge is 2.52. The average Bonchev–Trinajstić information content (AvgIpc) is 3.29. The molecule has 1 aromatic heterocycles. The summed E-state index contributed by atoms with van der Waals surface area (Å²) >= 11 is 0. The predicted molar refractivity (Wildman–Crippen MR) is 83.6 cm³/mol. The Labute approximate surface area is 133 Å². The van der Waals surface area contributed by atoms with Crippen molar-refractivity contribution in [3.05, 3.63) is 54.9 Å². The summed E-state index contributed by atoms with van der Waals surface area (Å²) in [5.41, 5.74) is 0.844. The minimum Gasteiger partial charge on any atom is -0.481 e. The number of carbonyl (C=O) groups excluding carboxylic acids is 1. The summed E-state index contributed by atoms with van der Waals surface area (Å²) in [7, 11) is 0. The van der Waals surface area contributed by atoms with Crippen molar-refractivity contribution in [2.75, 3.05) is 0 Å². The van der Waals surface area contributed by atoms with Gasteiger partial charge in [-0.2, -0.15) is 0 Å². The summed E-state index contributed by atoms with van der Waals surface area (Å²) in [6, 6.07) is 9.46. The molecule has 0 amide bonds. The largest absolute Gasteiger partial charge is 0.481 e. The Balaban J connectivity index is 1.72. The Morgan fingerprint density at radius 1 is 1.09 bits per heavy atom. The third-order valence-electron chi connectivity index (χ3n) is 4.94. The molecule has 2 aliphatic carbocycles. The number of hydrogen-bond donors (Lipinski definition) is 1. The quantitative estimate of drug-likeness (QED) is 0.885. The first kappa shape index (κ1) is 13.9. The summed E-state index contributed by atoms with van der Waals surface area (Å²) in [5, 5.41) is 9.53. The van der Waals surface area contributed by atoms with Gasteiger partial charge in [-0.3, -0.25) is 14.2 Å². The summed E-state index contributed by atoms with van der Waals surface area (Å²) in [5.74, 6) is -1.67. The second-order valence-corrected chi connectivity index (χ2v) is 6.16. The Hall–Kier alpha value is -2.69. The first-order valence-electron chi connectivity index (χ1n) is 7.71. The Morgan fingerprint density at radius 2 is 1.78 bits per heavy atom. The zero-order valence-corrected chi connectivity index (χ0v) is 12.4. The first-order chi connectivity index (χ1) is 11.2. The second-order valence-electron chi connectivity index (χ2n) is 6.16. The Morgan fingerprint density at radius 3 is 2.48 bits per heavy atom. The zero-order valence-electron chi connectivity index (χ0n) is 12.4. The van der Waals surface area contributed by atoms with Crippen LogP contribution in [0.25, 0.3) is 11.4 Å². The smallest absolute Gasteiger partial charge is 0.307 e. The third-order valence-corrected chi connectivity index (χ3v) is 4.94. The van der Waals surface area contributed by atoms with Gasteiger partial charge in [0.2, 0.25) is 5.91 Å². The van der Waals surface area contributed by atoms with Crippen LogP contribution in [0.15, 0.2) is 54.9 Å². The number of carboxylic acids is 1. The van der Waals surface area contributed by atoms with Crippen molar-refractivity contribution >= 4 is 11.9 Å². The predicted octanol–water partition coefficient (Wildman–Crippen LogP) is 2.71. The molecule has 2 aromatic rings. The van der Waals surface area contributed by atoms with E-state index in [1.54, 1.807) is 12.4 Å². The maximum atomic E-state index is 13.0. The SMILES string of the molecule is O=C(O)[C@@H]1[C@@H](C(=O)n2ccnc2-c2ccccc2)[C@H]2C=C[C@H]1C2. The number of rotatable bonds is 3. The summed E-state index contributed by atoms with van der Waals surface area (Å²) < 4.78 is 1.50. The van der Waals surface area contributed by atoms with E-state index in [0.717, 1.165) is 12.0 Å². The van der Waals surface area contributed by atoms with Crippen molar-refractivity contribution in [3.8, 4) is 11.4 Å². The van der Waals surface area contributed by atoms with Gasteiger partial charge in [-0.05, 0) is 18.3 Å². The zero-order chi connectivity index (χ0) is 16.0. The number of allylic oxidation sites excluding steroid dienone is 2. The van der Waals surface area contributed by atoms with Crippen LogP contribution in [-0.2, 0) is 4.79 Å². The highest BCUT2D eigenvalue weighted by atomic mass is 16.4. The molecular formula is C18H16N2O3. The molecule has 5 nitrogen and oxygen atoms in total. The van der Waals surface area contributed by atoms with Crippen molar-refractivity contribution in [1.82, 2.24) is 9.55 Å². The molecule has 1 aromatic carbocycles. The first-order valence-corrected chi connectivity index (χ1v) is 7.71. The molecule has 4 atom stereocenters. The molecule has 0 saturated heterocycles. The fraction of sp³-hybridized carbons (Fsp3) is 0.278. The molecule has 1 fully saturated rings. The van der Waals surface area contributed by atoms with Gasteiger partial charge in [-0.1, -0.05) is 42.5 Å². The van der Waals surface area contributed by atoms with E-state index < -0.39 is 17.8 Å². The van der Waals surface area contributed by atoms with Gasteiger partial charge in [0, 0.05) is 18.0 Å². The number of benzene rings is 1. The van der Waals surface area contributed by atoms with Crippen molar-refractivity contribution in [2.45, 2.75) is 6.42 Å². The van der Waals surface area contributed by atoms with E-state index in [2.05, 4.69) is 4.98 Å². The molecule has 0 unspecified atom stereocenters. The lowest BCUT2D eigenvalue weighted by molar-refractivity contribution is -0.143. The lowest BCUT2D eigenvalue weighted by Crippen LogP contribution is -2.35. The van der Waals surface area contributed by atoms with Crippen molar-refractivity contribution < 1.29 is 14.7 Å². The van der Waals surface area contributed by atoms with Crippen molar-refractivity contribution in [2.24, 2.45) is 23.7 Å².